The van der Waals surface area contributed by atoms with E-state index in [1.54, 1.807) is 72.8 Å². The molecule has 11 nitrogen and oxygen atoms in total. The molecule has 4 rings (SSSR count). The lowest BCUT2D eigenvalue weighted by Crippen LogP contribution is -2.09. The number of fused-ring (bicyclic) bond motifs is 1. The Morgan fingerprint density at radius 3 is 1.24 bits per heavy atom. The molecule has 0 radical (unpaired) electrons. The van der Waals surface area contributed by atoms with Gasteiger partial charge in [0.2, 0.25) is 10.2 Å². The molecular formula is C49H63NO10S2. The van der Waals surface area contributed by atoms with Gasteiger partial charge in [0.15, 0.2) is 0 Å². The molecular weight excluding hydrogens is 827 g/mol. The summed E-state index contributed by atoms with van der Waals surface area (Å²) in [5.74, 6) is 0.216. The smallest absolute Gasteiger partial charge is 0.338 e. The van der Waals surface area contributed by atoms with Crippen LogP contribution in [0.3, 0.4) is 0 Å². The first-order chi connectivity index (χ1) is 30.0. The third-order valence-electron chi connectivity index (χ3n) is 9.17. The Balaban J connectivity index is 0.000000323. The predicted octanol–water partition coefficient (Wildman–Crippen LogP) is 12.0. The number of esters is 4. The van der Waals surface area contributed by atoms with Gasteiger partial charge in [-0.2, -0.15) is 0 Å². The molecule has 0 saturated carbocycles. The molecule has 3 aromatic carbocycles. The van der Waals surface area contributed by atoms with Crippen molar-refractivity contribution in [3.05, 3.63) is 113 Å². The number of hydrogen-bond acceptors (Lipinski definition) is 13. The van der Waals surface area contributed by atoms with Crippen LogP contribution >= 0.6 is 23.5 Å². The van der Waals surface area contributed by atoms with Crippen LogP contribution in [0.5, 0.6) is 0 Å². The lowest BCUT2D eigenvalue weighted by atomic mass is 10.0. The van der Waals surface area contributed by atoms with Crippen LogP contribution in [0.25, 0.3) is 10.8 Å². The molecule has 0 aliphatic heterocycles. The Morgan fingerprint density at radius 1 is 0.452 bits per heavy atom. The van der Waals surface area contributed by atoms with Crippen LogP contribution < -0.4 is 0 Å². The maximum atomic E-state index is 11.9. The van der Waals surface area contributed by atoms with Crippen molar-refractivity contribution in [1.29, 1.82) is 0 Å². The minimum absolute atomic E-state index is 0.0175. The summed E-state index contributed by atoms with van der Waals surface area (Å²) in [6.07, 6.45) is 14.3. The number of carbonyl (C=O) groups is 6. The molecule has 62 heavy (non-hydrogen) atoms. The van der Waals surface area contributed by atoms with E-state index < -0.39 is 0 Å². The summed E-state index contributed by atoms with van der Waals surface area (Å²) < 4.78 is 19.7. The van der Waals surface area contributed by atoms with Crippen molar-refractivity contribution in [2.45, 2.75) is 105 Å². The standard InChI is InChI=1S/C20H30O4.C15H21NO2S2.C14H12O4/c1-3-5-7-9-15-23-19(21)17-11-13-18(14-12-17)20(22)24-16-10-8-6-4-2;1-3-5-9-19-14(17)12-7-8-13(16-11-12)15(18)20-10-6-4-2;1-17-13(15)11-5-3-10-8-12(14(16)18-2)6-4-9(10)7-11/h11-14H,3-10,15-16H2,1-2H3;7-8,11H,3-6,9-10H2,1-2H3;3-8H,1-2H3. The Kier molecular flexibility index (Phi) is 27.2. The molecule has 0 spiro atoms. The zero-order chi connectivity index (χ0) is 45.5. The van der Waals surface area contributed by atoms with Crippen LogP contribution in [0.4, 0.5) is 0 Å². The number of rotatable bonds is 22. The summed E-state index contributed by atoms with van der Waals surface area (Å²) in [6, 6.07) is 20.1. The van der Waals surface area contributed by atoms with Gasteiger partial charge in [0.05, 0.1) is 49.7 Å². The van der Waals surface area contributed by atoms with E-state index in [9.17, 15) is 28.8 Å². The second-order valence-corrected chi connectivity index (χ2v) is 16.3. The lowest BCUT2D eigenvalue weighted by molar-refractivity contribution is 0.0483. The number of unbranched alkanes of at least 4 members (excludes halogenated alkanes) is 8. The Morgan fingerprint density at radius 2 is 0.855 bits per heavy atom. The van der Waals surface area contributed by atoms with E-state index in [-0.39, 0.29) is 34.1 Å². The number of nitrogens with zero attached hydrogens (tertiary/aromatic N) is 1. The molecule has 1 aromatic heterocycles. The predicted molar refractivity (Wildman–Crippen MR) is 250 cm³/mol. The molecule has 0 unspecified atom stereocenters. The molecule has 4 aromatic rings. The minimum Gasteiger partial charge on any atom is -0.465 e. The molecule has 0 amide bonds. The average molecular weight is 890 g/mol. The Bertz CT molecular complexity index is 1840. The summed E-state index contributed by atoms with van der Waals surface area (Å²) in [5, 5.41) is 1.75. The zero-order valence-corrected chi connectivity index (χ0v) is 38.8. The Hall–Kier alpha value is -5.01. The third kappa shape index (κ3) is 20.2. The number of pyridine rings is 1. The van der Waals surface area contributed by atoms with Crippen LogP contribution in [0, 0.1) is 0 Å². The first-order valence-corrected chi connectivity index (χ1v) is 23.4. The van der Waals surface area contributed by atoms with Crippen LogP contribution in [-0.4, -0.2) is 78.0 Å². The van der Waals surface area contributed by atoms with E-state index in [0.29, 0.717) is 46.7 Å². The highest BCUT2D eigenvalue weighted by Crippen LogP contribution is 2.20. The van der Waals surface area contributed by atoms with Gasteiger partial charge in [-0.15, -0.1) is 0 Å². The summed E-state index contributed by atoms with van der Waals surface area (Å²) in [5.41, 5.74) is 2.89. The van der Waals surface area contributed by atoms with Crippen LogP contribution in [0.2, 0.25) is 0 Å². The highest BCUT2D eigenvalue weighted by Gasteiger charge is 2.13. The first kappa shape index (κ1) is 53.1. The van der Waals surface area contributed by atoms with Gasteiger partial charge in [0.1, 0.15) is 5.69 Å². The lowest BCUT2D eigenvalue weighted by Gasteiger charge is -2.07. The number of thioether (sulfide) groups is 2. The normalized spacial score (nSPS) is 10.4. The fraction of sp³-hybridized carbons (Fsp3) is 0.449. The van der Waals surface area contributed by atoms with Gasteiger partial charge in [-0.3, -0.25) is 14.6 Å². The molecule has 0 aliphatic carbocycles. The number of methoxy groups -OCH3 is 2. The number of carbonyl (C=O) groups excluding carboxylic acids is 6. The van der Waals surface area contributed by atoms with Crippen molar-refractivity contribution >= 4 is 68.4 Å². The molecule has 0 atom stereocenters. The topological polar surface area (TPSA) is 152 Å². The van der Waals surface area contributed by atoms with E-state index >= 15 is 0 Å². The highest BCUT2D eigenvalue weighted by atomic mass is 32.2. The van der Waals surface area contributed by atoms with Crippen molar-refractivity contribution in [2.24, 2.45) is 0 Å². The summed E-state index contributed by atoms with van der Waals surface area (Å²) >= 11 is 2.61. The van der Waals surface area contributed by atoms with E-state index in [2.05, 4.69) is 42.2 Å². The van der Waals surface area contributed by atoms with Crippen LogP contribution in [0.15, 0.2) is 79.0 Å². The number of benzene rings is 3. The summed E-state index contributed by atoms with van der Waals surface area (Å²) in [6.45, 7) is 9.37. The van der Waals surface area contributed by atoms with E-state index in [4.69, 9.17) is 9.47 Å². The molecule has 336 valence electrons. The van der Waals surface area contributed by atoms with Crippen LogP contribution in [0.1, 0.15) is 167 Å². The first-order valence-electron chi connectivity index (χ1n) is 21.5. The van der Waals surface area contributed by atoms with E-state index in [1.165, 1.54) is 43.9 Å². The molecule has 0 N–H and O–H groups in total. The van der Waals surface area contributed by atoms with Crippen molar-refractivity contribution in [1.82, 2.24) is 4.98 Å². The molecule has 0 fully saturated rings. The third-order valence-corrected chi connectivity index (χ3v) is 11.1. The monoisotopic (exact) mass is 889 g/mol. The summed E-state index contributed by atoms with van der Waals surface area (Å²) in [4.78, 5) is 74.3. The van der Waals surface area contributed by atoms with Gasteiger partial charge in [0, 0.05) is 23.3 Å². The minimum atomic E-state index is -0.381. The fourth-order valence-electron chi connectivity index (χ4n) is 5.44. The van der Waals surface area contributed by atoms with E-state index in [0.717, 1.165) is 99.3 Å². The number of aromatic nitrogens is 1. The molecule has 1 heterocycles. The highest BCUT2D eigenvalue weighted by molar-refractivity contribution is 8.14. The SMILES string of the molecule is CCCCCCOC(=O)c1ccc(C(=O)OCCCCCC)cc1.CCCCSC(=O)c1ccc(C(=O)SCCCC)nc1.COC(=O)c1ccc2cc(C(=O)OC)ccc2c1. The second-order valence-electron chi connectivity index (χ2n) is 14.1. The zero-order valence-electron chi connectivity index (χ0n) is 37.2. The molecule has 0 saturated heterocycles. The van der Waals surface area contributed by atoms with Crippen molar-refractivity contribution in [3.63, 3.8) is 0 Å². The Labute approximate surface area is 375 Å². The number of hydrogen-bond donors (Lipinski definition) is 0. The van der Waals surface area contributed by atoms with Gasteiger partial charge in [-0.1, -0.05) is 115 Å². The number of ether oxygens (including phenoxy) is 4. The van der Waals surface area contributed by atoms with Crippen molar-refractivity contribution in [3.8, 4) is 0 Å². The molecule has 0 aliphatic rings. The average Bonchev–Trinajstić information content (AvgIpc) is 3.31. The maximum absolute atomic E-state index is 11.9. The molecule has 0 bridgehead atoms. The van der Waals surface area contributed by atoms with Crippen LogP contribution in [-0.2, 0) is 18.9 Å². The van der Waals surface area contributed by atoms with Crippen molar-refractivity contribution in [2.75, 3.05) is 38.9 Å². The van der Waals surface area contributed by atoms with E-state index in [1.807, 2.05) is 0 Å². The summed E-state index contributed by atoms with van der Waals surface area (Å²) in [7, 11) is 2.68. The van der Waals surface area contributed by atoms with Gasteiger partial charge in [0.25, 0.3) is 0 Å². The van der Waals surface area contributed by atoms with Gasteiger partial charge in [-0.25, -0.2) is 19.2 Å². The van der Waals surface area contributed by atoms with Crippen molar-refractivity contribution < 1.29 is 47.7 Å². The largest absolute Gasteiger partial charge is 0.465 e. The maximum Gasteiger partial charge on any atom is 0.338 e. The fourth-order valence-corrected chi connectivity index (χ4v) is 7.24. The quantitative estimate of drug-likeness (QED) is 0.0418. The van der Waals surface area contributed by atoms with Gasteiger partial charge >= 0.3 is 23.9 Å². The van der Waals surface area contributed by atoms with Gasteiger partial charge < -0.3 is 18.9 Å². The second kappa shape index (κ2) is 31.8. The molecule has 13 heteroatoms. The van der Waals surface area contributed by atoms with Gasteiger partial charge in [-0.05, 0) is 97.1 Å².